The van der Waals surface area contributed by atoms with E-state index >= 15 is 0 Å². The molecule has 0 amide bonds. The molecule has 0 aliphatic carbocycles. The lowest BCUT2D eigenvalue weighted by Gasteiger charge is -2.07. The Labute approximate surface area is 78.1 Å². The fourth-order valence-corrected chi connectivity index (χ4v) is 2.96. The van der Waals surface area contributed by atoms with Crippen molar-refractivity contribution in [2.75, 3.05) is 18.6 Å². The normalized spacial score (nSPS) is 31.1. The average Bonchev–Trinajstić information content (AvgIpc) is 2.37. The first-order chi connectivity index (χ1) is 5.33. The minimum absolute atomic E-state index is 0.747. The molecule has 1 aliphatic heterocycles. The molecule has 0 radical (unpaired) electrons. The van der Waals surface area contributed by atoms with Crippen LogP contribution in [0.5, 0.6) is 0 Å². The highest BCUT2D eigenvalue weighted by molar-refractivity contribution is 8.00. The molecule has 3 heteroatoms. The van der Waals surface area contributed by atoms with Crippen LogP contribution in [0, 0.1) is 0 Å². The van der Waals surface area contributed by atoms with Gasteiger partial charge in [0.05, 0.1) is 5.37 Å². The molecule has 0 aromatic rings. The van der Waals surface area contributed by atoms with Gasteiger partial charge in [0, 0.05) is 11.8 Å². The SMILES string of the molecule is CSCCCC1NCC(C)S1. The van der Waals surface area contributed by atoms with Crippen molar-refractivity contribution in [3.05, 3.63) is 0 Å². The highest BCUT2D eigenvalue weighted by atomic mass is 32.2. The molecule has 1 nitrogen and oxygen atoms in total. The van der Waals surface area contributed by atoms with Gasteiger partial charge in [0.25, 0.3) is 0 Å². The summed E-state index contributed by atoms with van der Waals surface area (Å²) in [5.74, 6) is 1.31. The third-order valence-electron chi connectivity index (χ3n) is 1.84. The summed E-state index contributed by atoms with van der Waals surface area (Å²) < 4.78 is 0. The maximum absolute atomic E-state index is 3.52. The maximum Gasteiger partial charge on any atom is 0.0535 e. The Bertz CT molecular complexity index is 108. The molecule has 66 valence electrons. The Kier molecular flexibility index (Phi) is 4.72. The van der Waals surface area contributed by atoms with Crippen molar-refractivity contribution in [3.8, 4) is 0 Å². The van der Waals surface area contributed by atoms with E-state index in [2.05, 4.69) is 30.3 Å². The van der Waals surface area contributed by atoms with Gasteiger partial charge in [0.1, 0.15) is 0 Å². The average molecular weight is 191 g/mol. The van der Waals surface area contributed by atoms with E-state index in [1.807, 2.05) is 11.8 Å². The van der Waals surface area contributed by atoms with E-state index in [4.69, 9.17) is 0 Å². The second-order valence-electron chi connectivity index (χ2n) is 2.98. The predicted molar refractivity (Wildman–Crippen MR) is 56.5 cm³/mol. The Morgan fingerprint density at radius 1 is 1.64 bits per heavy atom. The van der Waals surface area contributed by atoms with E-state index < -0.39 is 0 Å². The second-order valence-corrected chi connectivity index (χ2v) is 5.61. The minimum Gasteiger partial charge on any atom is -0.304 e. The third kappa shape index (κ3) is 3.72. The zero-order valence-electron chi connectivity index (χ0n) is 7.30. The molecule has 1 rings (SSSR count). The lowest BCUT2D eigenvalue weighted by molar-refractivity contribution is 0.638. The van der Waals surface area contributed by atoms with Crippen LogP contribution < -0.4 is 5.32 Å². The van der Waals surface area contributed by atoms with Gasteiger partial charge in [-0.2, -0.15) is 11.8 Å². The van der Waals surface area contributed by atoms with Gasteiger partial charge < -0.3 is 5.32 Å². The van der Waals surface area contributed by atoms with Crippen molar-refractivity contribution >= 4 is 23.5 Å². The van der Waals surface area contributed by atoms with Gasteiger partial charge in [-0.15, -0.1) is 11.8 Å². The molecule has 1 fully saturated rings. The van der Waals surface area contributed by atoms with Crippen molar-refractivity contribution in [3.63, 3.8) is 0 Å². The van der Waals surface area contributed by atoms with Crippen LogP contribution in [-0.2, 0) is 0 Å². The van der Waals surface area contributed by atoms with Crippen molar-refractivity contribution in [2.24, 2.45) is 0 Å². The van der Waals surface area contributed by atoms with E-state index in [9.17, 15) is 0 Å². The maximum atomic E-state index is 3.52. The van der Waals surface area contributed by atoms with E-state index in [-0.39, 0.29) is 0 Å². The Morgan fingerprint density at radius 3 is 3.00 bits per heavy atom. The topological polar surface area (TPSA) is 12.0 Å². The summed E-state index contributed by atoms with van der Waals surface area (Å²) in [4.78, 5) is 0. The van der Waals surface area contributed by atoms with E-state index in [0.717, 1.165) is 10.6 Å². The minimum atomic E-state index is 0.747. The van der Waals surface area contributed by atoms with Gasteiger partial charge in [0.15, 0.2) is 0 Å². The highest BCUT2D eigenvalue weighted by Gasteiger charge is 2.19. The first kappa shape index (κ1) is 9.75. The van der Waals surface area contributed by atoms with Crippen LogP contribution in [-0.4, -0.2) is 29.2 Å². The summed E-state index contributed by atoms with van der Waals surface area (Å²) in [6, 6.07) is 0. The molecule has 2 atom stereocenters. The van der Waals surface area contributed by atoms with Crippen LogP contribution in [0.1, 0.15) is 19.8 Å². The van der Waals surface area contributed by atoms with Crippen LogP contribution in [0.15, 0.2) is 0 Å². The summed E-state index contributed by atoms with van der Waals surface area (Å²) in [7, 11) is 0. The summed E-state index contributed by atoms with van der Waals surface area (Å²) in [5.41, 5.74) is 0. The standard InChI is InChI=1S/C8H17NS2/c1-7-6-9-8(11-7)4-3-5-10-2/h7-9H,3-6H2,1-2H3. The van der Waals surface area contributed by atoms with Crippen LogP contribution in [0.2, 0.25) is 0 Å². The van der Waals surface area contributed by atoms with Crippen LogP contribution in [0.3, 0.4) is 0 Å². The lowest BCUT2D eigenvalue weighted by atomic mass is 10.3. The molecule has 0 aromatic carbocycles. The Balaban J connectivity index is 1.99. The van der Waals surface area contributed by atoms with Crippen LogP contribution in [0.4, 0.5) is 0 Å². The zero-order valence-corrected chi connectivity index (χ0v) is 8.93. The van der Waals surface area contributed by atoms with E-state index in [1.54, 1.807) is 0 Å². The van der Waals surface area contributed by atoms with Crippen LogP contribution in [0.25, 0.3) is 0 Å². The number of thioether (sulfide) groups is 2. The molecule has 0 spiro atoms. The van der Waals surface area contributed by atoms with Gasteiger partial charge in [-0.1, -0.05) is 6.92 Å². The Hall–Kier alpha value is 0.660. The molecule has 0 saturated carbocycles. The van der Waals surface area contributed by atoms with Gasteiger partial charge in [-0.25, -0.2) is 0 Å². The third-order valence-corrected chi connectivity index (χ3v) is 3.90. The quantitative estimate of drug-likeness (QED) is 0.684. The second kappa shape index (κ2) is 5.33. The molecular weight excluding hydrogens is 174 g/mol. The number of hydrogen-bond acceptors (Lipinski definition) is 3. The molecule has 1 heterocycles. The van der Waals surface area contributed by atoms with Gasteiger partial charge in [0.2, 0.25) is 0 Å². The van der Waals surface area contributed by atoms with Gasteiger partial charge >= 0.3 is 0 Å². The number of hydrogen-bond donors (Lipinski definition) is 1. The van der Waals surface area contributed by atoms with E-state index in [1.165, 1.54) is 25.1 Å². The zero-order chi connectivity index (χ0) is 8.10. The summed E-state index contributed by atoms with van der Waals surface area (Å²) in [5, 5.41) is 5.09. The summed E-state index contributed by atoms with van der Waals surface area (Å²) in [6.45, 7) is 3.50. The fraction of sp³-hybridized carbons (Fsp3) is 1.00. The van der Waals surface area contributed by atoms with Gasteiger partial charge in [-0.05, 0) is 24.9 Å². The molecule has 0 aromatic heterocycles. The molecule has 2 unspecified atom stereocenters. The van der Waals surface area contributed by atoms with Crippen molar-refractivity contribution in [1.82, 2.24) is 5.32 Å². The largest absolute Gasteiger partial charge is 0.304 e. The Morgan fingerprint density at radius 2 is 2.45 bits per heavy atom. The molecule has 11 heavy (non-hydrogen) atoms. The monoisotopic (exact) mass is 191 g/mol. The lowest BCUT2D eigenvalue weighted by Crippen LogP contribution is -2.20. The fourth-order valence-electron chi connectivity index (χ4n) is 1.26. The first-order valence-corrected chi connectivity index (χ1v) is 6.54. The molecule has 1 aliphatic rings. The molecule has 1 saturated heterocycles. The summed E-state index contributed by atoms with van der Waals surface area (Å²) in [6.07, 6.45) is 4.88. The number of rotatable bonds is 4. The molecular formula is C8H17NS2. The van der Waals surface area contributed by atoms with E-state index in [0.29, 0.717) is 0 Å². The molecule has 1 N–H and O–H groups in total. The summed E-state index contributed by atoms with van der Waals surface area (Å²) >= 11 is 4.04. The smallest absolute Gasteiger partial charge is 0.0535 e. The van der Waals surface area contributed by atoms with Crippen LogP contribution >= 0.6 is 23.5 Å². The predicted octanol–water partition coefficient (Wildman–Crippen LogP) is 2.18. The van der Waals surface area contributed by atoms with Crippen molar-refractivity contribution < 1.29 is 0 Å². The first-order valence-electron chi connectivity index (χ1n) is 4.20. The van der Waals surface area contributed by atoms with Crippen molar-refractivity contribution in [1.29, 1.82) is 0 Å². The highest BCUT2D eigenvalue weighted by Crippen LogP contribution is 2.25. The number of nitrogens with one attached hydrogen (secondary N) is 1. The van der Waals surface area contributed by atoms with Gasteiger partial charge in [-0.3, -0.25) is 0 Å². The molecule has 0 bridgehead atoms. The van der Waals surface area contributed by atoms with Crippen molar-refractivity contribution in [2.45, 2.75) is 30.4 Å².